The van der Waals surface area contributed by atoms with Crippen LogP contribution in [-0.4, -0.2) is 47.2 Å². The van der Waals surface area contributed by atoms with Gasteiger partial charge in [0.1, 0.15) is 11.8 Å². The number of carbonyl (C=O) groups is 2. The van der Waals surface area contributed by atoms with E-state index in [-0.39, 0.29) is 33.5 Å². The van der Waals surface area contributed by atoms with Crippen molar-refractivity contribution in [3.8, 4) is 6.07 Å². The number of aromatic nitrogens is 3. The van der Waals surface area contributed by atoms with Gasteiger partial charge in [-0.2, -0.15) is 10.4 Å². The Balaban J connectivity index is 1.80. The molecule has 18 nitrogen and oxygen atoms in total. The lowest BCUT2D eigenvalue weighted by atomic mass is 10.1. The molecule has 0 spiro atoms. The summed E-state index contributed by atoms with van der Waals surface area (Å²) in [5.41, 5.74) is -0.651. The topological polar surface area (TPSA) is 262 Å². The number of hydrazone groups is 1. The van der Waals surface area contributed by atoms with Crippen LogP contribution in [0.25, 0.3) is 11.0 Å². The van der Waals surface area contributed by atoms with Crippen LogP contribution in [-0.2, 0) is 4.79 Å². The average Bonchev–Trinajstić information content (AvgIpc) is 2.98. The molecule has 0 aliphatic rings. The van der Waals surface area contributed by atoms with Crippen molar-refractivity contribution < 1.29 is 24.4 Å². The maximum absolute atomic E-state index is 13.4. The Morgan fingerprint density at radius 2 is 1.60 bits per heavy atom. The minimum atomic E-state index is -2.18. The highest BCUT2D eigenvalue weighted by molar-refractivity contribution is 6.44. The number of benzene rings is 2. The zero-order valence-electron chi connectivity index (χ0n) is 20.8. The Hall–Kier alpha value is -6.77. The second kappa shape index (κ2) is 12.0. The highest BCUT2D eigenvalue weighted by Gasteiger charge is 2.37. The van der Waals surface area contributed by atoms with Crippen LogP contribution in [0.15, 0.2) is 72.2 Å². The molecule has 0 radical (unpaired) electrons. The molecule has 4 aromatic rings. The predicted molar refractivity (Wildman–Crippen MR) is 142 cm³/mol. The van der Waals surface area contributed by atoms with Gasteiger partial charge in [0.15, 0.2) is 0 Å². The maximum Gasteiger partial charge on any atom is 0.304 e. The van der Waals surface area contributed by atoms with E-state index in [0.717, 1.165) is 36.5 Å². The molecule has 0 aliphatic heterocycles. The molecule has 0 saturated heterocycles. The van der Waals surface area contributed by atoms with Gasteiger partial charge in [-0.15, -0.1) is 0 Å². The number of non-ortho nitro benzene ring substituents is 2. The summed E-state index contributed by atoms with van der Waals surface area (Å²) in [7, 11) is 0. The van der Waals surface area contributed by atoms with E-state index in [1.165, 1.54) is 30.6 Å². The Morgan fingerprint density at radius 3 is 2.24 bits per heavy atom. The van der Waals surface area contributed by atoms with E-state index in [2.05, 4.69) is 25.4 Å². The van der Waals surface area contributed by atoms with Crippen molar-refractivity contribution in [1.82, 2.24) is 20.4 Å². The number of nitrogens with zero attached hydrogens (tertiary/aromatic N) is 8. The van der Waals surface area contributed by atoms with Gasteiger partial charge < -0.3 is 5.32 Å². The quantitative estimate of drug-likeness (QED) is 0.167. The average molecular weight is 570 g/mol. The van der Waals surface area contributed by atoms with Crippen LogP contribution in [0.3, 0.4) is 0 Å². The fraction of sp³-hybridized carbons (Fsp3) is 0.0417. The molecule has 2 N–H and O–H groups in total. The molecule has 0 unspecified atom stereocenters. The summed E-state index contributed by atoms with van der Waals surface area (Å²) >= 11 is 0. The predicted octanol–water partition coefficient (Wildman–Crippen LogP) is 2.46. The van der Waals surface area contributed by atoms with Gasteiger partial charge >= 0.3 is 6.04 Å². The van der Waals surface area contributed by atoms with Gasteiger partial charge in [-0.3, -0.25) is 49.9 Å². The van der Waals surface area contributed by atoms with E-state index in [1.54, 1.807) is 6.07 Å². The molecule has 2 heterocycles. The summed E-state index contributed by atoms with van der Waals surface area (Å²) in [6.45, 7) is 0. The number of hydrogen-bond acceptors (Lipinski definition) is 13. The second-order valence-corrected chi connectivity index (χ2v) is 8.14. The van der Waals surface area contributed by atoms with E-state index in [0.29, 0.717) is 0 Å². The Kier molecular flexibility index (Phi) is 8.04. The van der Waals surface area contributed by atoms with Gasteiger partial charge in [0.05, 0.1) is 38.3 Å². The number of rotatable bonds is 9. The van der Waals surface area contributed by atoms with Crippen LogP contribution in [0.5, 0.6) is 0 Å². The minimum absolute atomic E-state index is 0.0473. The molecule has 0 bridgehead atoms. The highest BCUT2D eigenvalue weighted by atomic mass is 16.6. The number of anilines is 1. The minimum Gasteiger partial charge on any atom is -0.319 e. The molecule has 208 valence electrons. The summed E-state index contributed by atoms with van der Waals surface area (Å²) in [6.07, 6.45) is 3.56. The molecule has 2 aromatic carbocycles. The molecule has 2 amide bonds. The van der Waals surface area contributed by atoms with Crippen molar-refractivity contribution in [2.24, 2.45) is 5.10 Å². The van der Waals surface area contributed by atoms with Gasteiger partial charge in [-0.05, 0) is 24.3 Å². The van der Waals surface area contributed by atoms with Crippen molar-refractivity contribution in [2.75, 3.05) is 5.32 Å². The first kappa shape index (κ1) is 28.2. The summed E-state index contributed by atoms with van der Waals surface area (Å²) in [5.74, 6) is -2.14. The van der Waals surface area contributed by atoms with Crippen molar-refractivity contribution in [2.45, 2.75) is 6.04 Å². The summed E-state index contributed by atoms with van der Waals surface area (Å²) in [4.78, 5) is 70.0. The number of nitriles is 1. The van der Waals surface area contributed by atoms with Gasteiger partial charge in [-0.25, -0.2) is 10.4 Å². The lowest BCUT2D eigenvalue weighted by Crippen LogP contribution is -2.36. The maximum atomic E-state index is 13.4. The van der Waals surface area contributed by atoms with Crippen LogP contribution in [0.2, 0.25) is 0 Å². The van der Waals surface area contributed by atoms with Crippen molar-refractivity contribution in [1.29, 1.82) is 5.26 Å². The summed E-state index contributed by atoms with van der Waals surface area (Å²) in [5, 5.41) is 49.9. The number of pyridine rings is 1. The van der Waals surface area contributed by atoms with Crippen LogP contribution < -0.4 is 10.7 Å². The fourth-order valence-electron chi connectivity index (χ4n) is 3.56. The van der Waals surface area contributed by atoms with Gasteiger partial charge in [0.2, 0.25) is 5.71 Å². The van der Waals surface area contributed by atoms with E-state index in [9.17, 15) is 45.2 Å². The summed E-state index contributed by atoms with van der Waals surface area (Å²) < 4.78 is 0. The molecule has 0 fully saturated rings. The van der Waals surface area contributed by atoms with Gasteiger partial charge in [-0.1, -0.05) is 0 Å². The monoisotopic (exact) mass is 570 g/mol. The Labute approximate surface area is 232 Å². The Bertz CT molecular complexity index is 1840. The molecule has 0 aliphatic carbocycles. The van der Waals surface area contributed by atoms with Crippen molar-refractivity contribution in [3.05, 3.63) is 114 Å². The fourth-order valence-corrected chi connectivity index (χ4v) is 3.56. The first-order valence-electron chi connectivity index (χ1n) is 11.4. The van der Waals surface area contributed by atoms with Crippen LogP contribution >= 0.6 is 0 Å². The summed E-state index contributed by atoms with van der Waals surface area (Å²) in [6, 6.07) is 8.50. The number of hydrogen-bond donors (Lipinski definition) is 2. The van der Waals surface area contributed by atoms with Gasteiger partial charge in [0, 0.05) is 47.1 Å². The number of nitro benzene ring substituents is 2. The van der Waals surface area contributed by atoms with E-state index >= 15 is 0 Å². The smallest absolute Gasteiger partial charge is 0.304 e. The van der Waals surface area contributed by atoms with Crippen LogP contribution in [0.1, 0.15) is 27.7 Å². The third-order valence-electron chi connectivity index (χ3n) is 5.54. The first-order valence-corrected chi connectivity index (χ1v) is 11.4. The third kappa shape index (κ3) is 6.10. The number of nitrogens with one attached hydrogen (secondary N) is 2. The lowest BCUT2D eigenvalue weighted by molar-refractivity contribution is -0.509. The number of fused-ring (bicyclic) bond motifs is 1. The normalized spacial score (nSPS) is 11.6. The molecular weight excluding hydrogens is 556 g/mol. The highest BCUT2D eigenvalue weighted by Crippen LogP contribution is 2.25. The van der Waals surface area contributed by atoms with E-state index in [4.69, 9.17) is 0 Å². The van der Waals surface area contributed by atoms with Crippen LogP contribution in [0, 0.1) is 41.7 Å². The largest absolute Gasteiger partial charge is 0.319 e. The van der Waals surface area contributed by atoms with Crippen molar-refractivity contribution in [3.63, 3.8) is 0 Å². The molecule has 0 saturated carbocycles. The molecule has 4 rings (SSSR count). The lowest BCUT2D eigenvalue weighted by Gasteiger charge is -2.13. The number of amides is 2. The third-order valence-corrected chi connectivity index (χ3v) is 5.54. The number of carbonyl (C=O) groups excluding carboxylic acids is 2. The molecule has 42 heavy (non-hydrogen) atoms. The van der Waals surface area contributed by atoms with Gasteiger partial charge in [0.25, 0.3) is 23.2 Å². The molecular formula is C24H14N10O8. The molecule has 2 aromatic heterocycles. The molecule has 18 heteroatoms. The van der Waals surface area contributed by atoms with E-state index in [1.807, 2.05) is 5.43 Å². The zero-order chi connectivity index (χ0) is 30.4. The zero-order valence-corrected chi connectivity index (χ0v) is 20.8. The standard InChI is InChI=1S/C24H14N10O8/c25-11-14-9-15(32(37)38)1-3-17(14)29-24(36)21(30-31-23(35)13-5-7-26-8-6-13)22(34(41)42)20-12-27-18-4-2-16(33(39)40)10-19(18)28-20/h1-10,12,22H,(H,29,36)(H,31,35)/b30-21-/t22-/m1/s1. The number of nitro groups is 3. The van der Waals surface area contributed by atoms with Crippen molar-refractivity contribution >= 4 is 45.6 Å². The molecule has 1 atom stereocenters. The second-order valence-electron chi connectivity index (χ2n) is 8.14. The SMILES string of the molecule is N#Cc1cc([N+](=O)[O-])ccc1NC(=O)/C(=N\NC(=O)c1ccncc1)[C@@H](c1cnc2ccc([N+](=O)[O-])cc2n1)[N+](=O)[O-]. The van der Waals surface area contributed by atoms with E-state index < -0.39 is 49.7 Å². The Morgan fingerprint density at radius 1 is 0.929 bits per heavy atom. The van der Waals surface area contributed by atoms with Crippen LogP contribution in [0.4, 0.5) is 17.1 Å². The first-order chi connectivity index (χ1) is 20.1.